The van der Waals surface area contributed by atoms with Crippen LogP contribution >= 0.6 is 24.0 Å². The summed E-state index contributed by atoms with van der Waals surface area (Å²) in [5, 5.41) is 0.403. The molecular formula is C14H17F3N2S2. The van der Waals surface area contributed by atoms with Crippen molar-refractivity contribution in [2.45, 2.75) is 31.3 Å². The average molecular weight is 334 g/mol. The molecule has 0 bridgehead atoms. The predicted molar refractivity (Wildman–Crippen MR) is 86.1 cm³/mol. The third kappa shape index (κ3) is 3.45. The quantitative estimate of drug-likeness (QED) is 0.836. The molecular weight excluding hydrogens is 317 g/mol. The van der Waals surface area contributed by atoms with Crippen LogP contribution in [0.2, 0.25) is 0 Å². The molecule has 7 heteroatoms. The van der Waals surface area contributed by atoms with E-state index in [0.29, 0.717) is 16.5 Å². The van der Waals surface area contributed by atoms with Crippen LogP contribution in [0.5, 0.6) is 0 Å². The summed E-state index contributed by atoms with van der Waals surface area (Å²) in [7, 11) is 0. The normalized spacial score (nSPS) is 23.2. The zero-order chi connectivity index (χ0) is 15.8. The number of hydrogen-bond acceptors (Lipinski definition) is 3. The van der Waals surface area contributed by atoms with Gasteiger partial charge in [-0.1, -0.05) is 19.1 Å². The number of nitrogens with two attached hydrogens (primary N) is 1. The first-order chi connectivity index (χ1) is 9.71. The molecule has 21 heavy (non-hydrogen) atoms. The lowest BCUT2D eigenvalue weighted by atomic mass is 10.0. The Morgan fingerprint density at radius 1 is 1.38 bits per heavy atom. The van der Waals surface area contributed by atoms with Gasteiger partial charge in [0.05, 0.1) is 5.56 Å². The van der Waals surface area contributed by atoms with E-state index in [1.165, 1.54) is 6.07 Å². The molecule has 0 radical (unpaired) electrons. The lowest BCUT2D eigenvalue weighted by Gasteiger charge is -2.40. The van der Waals surface area contributed by atoms with E-state index < -0.39 is 11.7 Å². The van der Waals surface area contributed by atoms with Gasteiger partial charge in [0.25, 0.3) is 0 Å². The van der Waals surface area contributed by atoms with Crippen molar-refractivity contribution in [3.05, 3.63) is 29.3 Å². The minimum atomic E-state index is -4.39. The van der Waals surface area contributed by atoms with Gasteiger partial charge in [-0.25, -0.2) is 0 Å². The van der Waals surface area contributed by atoms with Crippen molar-refractivity contribution < 1.29 is 13.2 Å². The van der Waals surface area contributed by atoms with Crippen molar-refractivity contribution in [3.8, 4) is 0 Å². The van der Waals surface area contributed by atoms with Crippen molar-refractivity contribution in [2.24, 2.45) is 5.73 Å². The van der Waals surface area contributed by atoms with Crippen LogP contribution in [0.15, 0.2) is 18.2 Å². The summed E-state index contributed by atoms with van der Waals surface area (Å²) in [5.41, 5.74) is 5.91. The van der Waals surface area contributed by atoms with Gasteiger partial charge in [0, 0.05) is 34.8 Å². The second-order valence-corrected chi connectivity index (χ2v) is 7.03. The molecule has 0 amide bonds. The van der Waals surface area contributed by atoms with Crippen LogP contribution in [-0.2, 0) is 6.18 Å². The standard InChI is InChI=1S/C14H17F3N2S2/c1-8-9(2)21-6-5-19(8)12-4-3-10(14(15,16)17)7-11(12)13(18)20/h3-4,7-9H,5-6H2,1-2H3,(H2,18,20). The minimum Gasteiger partial charge on any atom is -0.389 e. The number of halogens is 3. The molecule has 2 nitrogen and oxygen atoms in total. The lowest BCUT2D eigenvalue weighted by molar-refractivity contribution is -0.137. The molecule has 116 valence electrons. The molecule has 1 aliphatic rings. The van der Waals surface area contributed by atoms with Crippen molar-refractivity contribution in [2.75, 3.05) is 17.2 Å². The SMILES string of the molecule is CC1SCCN(c2ccc(C(F)(F)F)cc2C(N)=S)C1C. The van der Waals surface area contributed by atoms with Gasteiger partial charge >= 0.3 is 6.18 Å². The molecule has 2 N–H and O–H groups in total. The molecule has 1 fully saturated rings. The van der Waals surface area contributed by atoms with Gasteiger partial charge < -0.3 is 10.6 Å². The van der Waals surface area contributed by atoms with Gasteiger partial charge in [-0.3, -0.25) is 0 Å². The molecule has 0 aliphatic carbocycles. The summed E-state index contributed by atoms with van der Waals surface area (Å²) in [6, 6.07) is 3.84. The highest BCUT2D eigenvalue weighted by Crippen LogP contribution is 2.35. The van der Waals surface area contributed by atoms with Gasteiger partial charge in [0.1, 0.15) is 4.99 Å². The molecule has 2 unspecified atom stereocenters. The highest BCUT2D eigenvalue weighted by atomic mass is 32.2. The first kappa shape index (κ1) is 16.4. The van der Waals surface area contributed by atoms with Crippen LogP contribution in [-0.4, -0.2) is 28.6 Å². The van der Waals surface area contributed by atoms with E-state index in [0.717, 1.165) is 24.4 Å². The summed E-state index contributed by atoms with van der Waals surface area (Å²) in [6.07, 6.45) is -4.39. The largest absolute Gasteiger partial charge is 0.416 e. The second kappa shape index (κ2) is 6.04. The lowest BCUT2D eigenvalue weighted by Crippen LogP contribution is -2.45. The Hall–Kier alpha value is -0.950. The van der Waals surface area contributed by atoms with Crippen molar-refractivity contribution in [1.82, 2.24) is 0 Å². The van der Waals surface area contributed by atoms with Crippen LogP contribution in [0, 0.1) is 0 Å². The van der Waals surface area contributed by atoms with Gasteiger partial charge in [0.15, 0.2) is 0 Å². The smallest absolute Gasteiger partial charge is 0.389 e. The Morgan fingerprint density at radius 3 is 2.62 bits per heavy atom. The van der Waals surface area contributed by atoms with Gasteiger partial charge in [0.2, 0.25) is 0 Å². The zero-order valence-electron chi connectivity index (χ0n) is 11.8. The Bertz CT molecular complexity index is 546. The van der Waals surface area contributed by atoms with Crippen LogP contribution in [0.1, 0.15) is 25.0 Å². The number of alkyl halides is 3. The highest BCUT2D eigenvalue weighted by Gasteiger charge is 2.33. The molecule has 0 aromatic heterocycles. The Kier molecular flexibility index (Phi) is 4.72. The summed E-state index contributed by atoms with van der Waals surface area (Å²) < 4.78 is 38.5. The number of thioether (sulfide) groups is 1. The molecule has 2 atom stereocenters. The van der Waals surface area contributed by atoms with E-state index in [-0.39, 0.29) is 11.0 Å². The monoisotopic (exact) mass is 334 g/mol. The predicted octanol–water partition coefficient (Wildman–Crippen LogP) is 3.67. The Balaban J connectivity index is 2.46. The summed E-state index contributed by atoms with van der Waals surface area (Å²) in [4.78, 5) is 2.09. The van der Waals surface area contributed by atoms with Crippen LogP contribution < -0.4 is 10.6 Å². The fraction of sp³-hybridized carbons (Fsp3) is 0.500. The third-order valence-electron chi connectivity index (χ3n) is 3.78. The average Bonchev–Trinajstić information content (AvgIpc) is 2.40. The van der Waals surface area contributed by atoms with Gasteiger partial charge in [-0.2, -0.15) is 24.9 Å². The minimum absolute atomic E-state index is 0.00539. The van der Waals surface area contributed by atoms with Crippen LogP contribution in [0.25, 0.3) is 0 Å². The van der Waals surface area contributed by atoms with E-state index in [1.807, 2.05) is 11.8 Å². The highest BCUT2D eigenvalue weighted by molar-refractivity contribution is 8.00. The summed E-state index contributed by atoms with van der Waals surface area (Å²) in [6.45, 7) is 4.96. The van der Waals surface area contributed by atoms with E-state index in [9.17, 15) is 13.2 Å². The maximum atomic E-state index is 12.8. The summed E-state index contributed by atoms with van der Waals surface area (Å²) >= 11 is 6.81. The van der Waals surface area contributed by atoms with Crippen LogP contribution in [0.4, 0.5) is 18.9 Å². The molecule has 0 spiro atoms. The second-order valence-electron chi connectivity index (χ2n) is 5.10. The molecule has 1 heterocycles. The Morgan fingerprint density at radius 2 is 2.05 bits per heavy atom. The summed E-state index contributed by atoms with van der Waals surface area (Å²) in [5.74, 6) is 0.934. The van der Waals surface area contributed by atoms with Crippen LogP contribution in [0.3, 0.4) is 0 Å². The van der Waals surface area contributed by atoms with E-state index in [2.05, 4.69) is 18.7 Å². The number of hydrogen-bond donors (Lipinski definition) is 1. The first-order valence-corrected chi connectivity index (χ1v) is 8.07. The van der Waals surface area contributed by atoms with Crippen molar-refractivity contribution >= 4 is 34.7 Å². The third-order valence-corrected chi connectivity index (χ3v) is 5.34. The fourth-order valence-electron chi connectivity index (χ4n) is 2.43. The molecule has 1 aliphatic heterocycles. The fourth-order valence-corrected chi connectivity index (χ4v) is 3.70. The number of anilines is 1. The number of thiocarbonyl (C=S) groups is 1. The molecule has 2 rings (SSSR count). The molecule has 0 saturated carbocycles. The number of nitrogens with zero attached hydrogens (tertiary/aromatic N) is 1. The Labute approximate surface area is 131 Å². The van der Waals surface area contributed by atoms with E-state index in [1.54, 1.807) is 0 Å². The van der Waals surface area contributed by atoms with E-state index in [4.69, 9.17) is 18.0 Å². The van der Waals surface area contributed by atoms with E-state index >= 15 is 0 Å². The molecule has 1 saturated heterocycles. The number of benzene rings is 1. The first-order valence-electron chi connectivity index (χ1n) is 6.61. The number of rotatable bonds is 2. The molecule has 1 aromatic rings. The topological polar surface area (TPSA) is 29.3 Å². The van der Waals surface area contributed by atoms with Crippen molar-refractivity contribution in [3.63, 3.8) is 0 Å². The molecule has 1 aromatic carbocycles. The maximum Gasteiger partial charge on any atom is 0.416 e. The van der Waals surface area contributed by atoms with Gasteiger partial charge in [-0.05, 0) is 25.1 Å². The van der Waals surface area contributed by atoms with Crippen molar-refractivity contribution in [1.29, 1.82) is 0 Å². The zero-order valence-corrected chi connectivity index (χ0v) is 13.4. The van der Waals surface area contributed by atoms with Gasteiger partial charge in [-0.15, -0.1) is 0 Å². The maximum absolute atomic E-state index is 12.8.